The maximum atomic E-state index is 11.2. The van der Waals surface area contributed by atoms with Crippen LogP contribution < -0.4 is 0 Å². The number of nitrogens with zero attached hydrogens (tertiary/aromatic N) is 1. The first-order chi connectivity index (χ1) is 12.1. The van der Waals surface area contributed by atoms with Crippen molar-refractivity contribution in [1.82, 2.24) is 4.90 Å². The van der Waals surface area contributed by atoms with Crippen LogP contribution in [0.5, 0.6) is 0 Å². The van der Waals surface area contributed by atoms with Crippen LogP contribution in [0.4, 0.5) is 0 Å². The summed E-state index contributed by atoms with van der Waals surface area (Å²) in [7, 11) is 0. The van der Waals surface area contributed by atoms with Gasteiger partial charge < -0.3 is 19.3 Å². The van der Waals surface area contributed by atoms with E-state index in [1.54, 1.807) is 0 Å². The number of piperidine rings is 1. The molecule has 5 heteroatoms. The quantitative estimate of drug-likeness (QED) is 0.731. The van der Waals surface area contributed by atoms with E-state index in [4.69, 9.17) is 14.2 Å². The lowest BCUT2D eigenvalue weighted by atomic mass is 9.78. The van der Waals surface area contributed by atoms with Crippen LogP contribution in [0.25, 0.3) is 0 Å². The molecule has 2 fully saturated rings. The minimum Gasteiger partial charge on any atom is -0.390 e. The molecule has 2 aliphatic rings. The number of ether oxygens (including phenoxy) is 3. The molecular formula is C20H31NO4. The van der Waals surface area contributed by atoms with Gasteiger partial charge in [-0.3, -0.25) is 4.90 Å². The molecule has 0 saturated carbocycles. The maximum absolute atomic E-state index is 11.2. The Bertz CT molecular complexity index is 504. The maximum Gasteiger partial charge on any atom is 0.160 e. The molecule has 2 unspecified atom stereocenters. The third-order valence-electron chi connectivity index (χ3n) is 5.25. The van der Waals surface area contributed by atoms with Crippen LogP contribution in [0, 0.1) is 0 Å². The van der Waals surface area contributed by atoms with Gasteiger partial charge in [0.1, 0.15) is 0 Å². The largest absolute Gasteiger partial charge is 0.390 e. The van der Waals surface area contributed by atoms with Crippen molar-refractivity contribution in [3.63, 3.8) is 0 Å². The van der Waals surface area contributed by atoms with Crippen LogP contribution in [0.3, 0.4) is 0 Å². The molecule has 2 heterocycles. The van der Waals surface area contributed by atoms with Gasteiger partial charge in [0.2, 0.25) is 0 Å². The molecule has 1 aromatic rings. The van der Waals surface area contributed by atoms with E-state index in [2.05, 4.69) is 29.2 Å². The zero-order chi connectivity index (χ0) is 17.7. The highest BCUT2D eigenvalue weighted by Crippen LogP contribution is 2.38. The number of rotatable bonds is 8. The first-order valence-corrected chi connectivity index (χ1v) is 9.46. The SMILES string of the molecule is CCOC(CC1(O)CC2COCC(C1)N2Cc1ccccc1)OCC. The molecule has 140 valence electrons. The van der Waals surface area contributed by atoms with Crippen LogP contribution in [0.15, 0.2) is 30.3 Å². The Labute approximate surface area is 150 Å². The van der Waals surface area contributed by atoms with Crippen molar-refractivity contribution in [2.75, 3.05) is 26.4 Å². The van der Waals surface area contributed by atoms with E-state index >= 15 is 0 Å². The zero-order valence-corrected chi connectivity index (χ0v) is 15.4. The van der Waals surface area contributed by atoms with Gasteiger partial charge in [0.05, 0.1) is 18.8 Å². The standard InChI is InChI=1S/C20H31NO4/c1-3-24-19(25-4-2)12-20(22)10-17-14-23-15-18(11-20)21(17)13-16-8-6-5-7-9-16/h5-9,17-19,22H,3-4,10-15H2,1-2H3. The fraction of sp³-hybridized carbons (Fsp3) is 0.700. The van der Waals surface area contributed by atoms with Gasteiger partial charge in [-0.05, 0) is 32.3 Å². The summed E-state index contributed by atoms with van der Waals surface area (Å²) >= 11 is 0. The van der Waals surface area contributed by atoms with E-state index in [-0.39, 0.29) is 18.4 Å². The first-order valence-electron chi connectivity index (χ1n) is 9.46. The molecule has 0 aromatic heterocycles. The summed E-state index contributed by atoms with van der Waals surface area (Å²) in [6.45, 7) is 7.38. The number of morpholine rings is 1. The van der Waals surface area contributed by atoms with Crippen molar-refractivity contribution in [3.05, 3.63) is 35.9 Å². The number of hydrogen-bond acceptors (Lipinski definition) is 5. The third kappa shape index (κ3) is 4.80. The van der Waals surface area contributed by atoms with Gasteiger partial charge in [-0.2, -0.15) is 0 Å². The fourth-order valence-electron chi connectivity index (χ4n) is 4.21. The Hall–Kier alpha value is -0.980. The normalized spacial score (nSPS) is 29.9. The fourth-order valence-corrected chi connectivity index (χ4v) is 4.21. The van der Waals surface area contributed by atoms with E-state index in [1.807, 2.05) is 19.9 Å². The van der Waals surface area contributed by atoms with Gasteiger partial charge in [0, 0.05) is 38.3 Å². The lowest BCUT2D eigenvalue weighted by Crippen LogP contribution is -2.62. The summed E-state index contributed by atoms with van der Waals surface area (Å²) < 4.78 is 17.1. The summed E-state index contributed by atoms with van der Waals surface area (Å²) in [6, 6.07) is 11.0. The molecular weight excluding hydrogens is 318 g/mol. The van der Waals surface area contributed by atoms with Crippen molar-refractivity contribution >= 4 is 0 Å². The molecule has 5 nitrogen and oxygen atoms in total. The minimum atomic E-state index is -0.749. The van der Waals surface area contributed by atoms with Crippen LogP contribution >= 0.6 is 0 Å². The summed E-state index contributed by atoms with van der Waals surface area (Å²) in [5.74, 6) is 0. The van der Waals surface area contributed by atoms with Gasteiger partial charge >= 0.3 is 0 Å². The van der Waals surface area contributed by atoms with Crippen LogP contribution in [-0.2, 0) is 20.8 Å². The van der Waals surface area contributed by atoms with Gasteiger partial charge in [-0.1, -0.05) is 30.3 Å². The molecule has 25 heavy (non-hydrogen) atoms. The summed E-state index contributed by atoms with van der Waals surface area (Å²) in [6.07, 6.45) is 1.60. The number of hydrogen-bond donors (Lipinski definition) is 1. The zero-order valence-electron chi connectivity index (χ0n) is 15.4. The van der Waals surface area contributed by atoms with Crippen molar-refractivity contribution in [2.45, 2.75) is 63.6 Å². The summed E-state index contributed by atoms with van der Waals surface area (Å²) in [4.78, 5) is 2.50. The van der Waals surface area contributed by atoms with E-state index in [0.717, 1.165) is 6.54 Å². The number of benzene rings is 1. The lowest BCUT2D eigenvalue weighted by Gasteiger charge is -2.52. The second-order valence-corrected chi connectivity index (χ2v) is 7.18. The molecule has 2 aliphatic heterocycles. The van der Waals surface area contributed by atoms with Crippen molar-refractivity contribution in [3.8, 4) is 0 Å². The molecule has 0 radical (unpaired) electrons. The molecule has 0 aliphatic carbocycles. The number of aliphatic hydroxyl groups is 1. The van der Waals surface area contributed by atoms with E-state index in [9.17, 15) is 5.11 Å². The monoisotopic (exact) mass is 349 g/mol. The van der Waals surface area contributed by atoms with E-state index in [0.29, 0.717) is 45.7 Å². The van der Waals surface area contributed by atoms with Crippen LogP contribution in [0.2, 0.25) is 0 Å². The highest BCUT2D eigenvalue weighted by Gasteiger charge is 2.47. The Morgan fingerprint density at radius 2 is 1.72 bits per heavy atom. The second kappa shape index (κ2) is 8.60. The molecule has 1 N–H and O–H groups in total. The van der Waals surface area contributed by atoms with E-state index in [1.165, 1.54) is 5.56 Å². The van der Waals surface area contributed by atoms with Crippen molar-refractivity contribution < 1.29 is 19.3 Å². The van der Waals surface area contributed by atoms with Gasteiger partial charge in [-0.25, -0.2) is 0 Å². The van der Waals surface area contributed by atoms with Crippen LogP contribution in [-0.4, -0.2) is 60.4 Å². The highest BCUT2D eigenvalue weighted by molar-refractivity contribution is 5.15. The Balaban J connectivity index is 1.67. The van der Waals surface area contributed by atoms with E-state index < -0.39 is 5.60 Å². The molecule has 2 saturated heterocycles. The Morgan fingerprint density at radius 3 is 2.28 bits per heavy atom. The molecule has 2 atom stereocenters. The molecule has 1 aromatic carbocycles. The summed E-state index contributed by atoms with van der Waals surface area (Å²) in [5.41, 5.74) is 0.563. The first kappa shape index (κ1) is 18.8. The molecule has 3 rings (SSSR count). The summed E-state index contributed by atoms with van der Waals surface area (Å²) in [5, 5.41) is 11.2. The predicted molar refractivity (Wildman–Crippen MR) is 96.2 cm³/mol. The molecule has 0 spiro atoms. The van der Waals surface area contributed by atoms with Gasteiger partial charge in [0.25, 0.3) is 0 Å². The smallest absolute Gasteiger partial charge is 0.160 e. The highest BCUT2D eigenvalue weighted by atomic mass is 16.7. The third-order valence-corrected chi connectivity index (χ3v) is 5.25. The van der Waals surface area contributed by atoms with Gasteiger partial charge in [0.15, 0.2) is 6.29 Å². The average molecular weight is 349 g/mol. The Kier molecular flexibility index (Phi) is 6.47. The van der Waals surface area contributed by atoms with Crippen molar-refractivity contribution in [1.29, 1.82) is 0 Å². The number of fused-ring (bicyclic) bond motifs is 2. The lowest BCUT2D eigenvalue weighted by molar-refractivity contribution is -0.200. The molecule has 0 amide bonds. The van der Waals surface area contributed by atoms with Crippen molar-refractivity contribution in [2.24, 2.45) is 0 Å². The predicted octanol–water partition coefficient (Wildman–Crippen LogP) is 2.57. The van der Waals surface area contributed by atoms with Crippen LogP contribution in [0.1, 0.15) is 38.7 Å². The molecule has 2 bridgehead atoms. The topological polar surface area (TPSA) is 51.2 Å². The average Bonchev–Trinajstić information content (AvgIpc) is 2.57. The Morgan fingerprint density at radius 1 is 1.12 bits per heavy atom. The minimum absolute atomic E-state index is 0.238. The van der Waals surface area contributed by atoms with Gasteiger partial charge in [-0.15, -0.1) is 0 Å². The second-order valence-electron chi connectivity index (χ2n) is 7.18.